The standard InChI is InChI=1S/C9H14O/c1-8(2)5-4-6-9(3)7-10/h4-8H,1-3H3. The van der Waals surface area contributed by atoms with Gasteiger partial charge in [0.25, 0.3) is 0 Å². The molecule has 0 atom stereocenters. The second-order valence-electron chi connectivity index (χ2n) is 2.66. The summed E-state index contributed by atoms with van der Waals surface area (Å²) in [5.41, 5.74) is 0.761. The Morgan fingerprint density at radius 3 is 2.40 bits per heavy atom. The lowest BCUT2D eigenvalue weighted by Gasteiger charge is -1.89. The van der Waals surface area contributed by atoms with E-state index < -0.39 is 0 Å². The van der Waals surface area contributed by atoms with Crippen LogP contribution in [0.2, 0.25) is 0 Å². The fourth-order valence-corrected chi connectivity index (χ4v) is 0.469. The number of carbonyl (C=O) groups is 1. The molecule has 0 saturated heterocycles. The number of hydrogen-bond acceptors (Lipinski definition) is 1. The van der Waals surface area contributed by atoms with Gasteiger partial charge in [0.1, 0.15) is 6.29 Å². The quantitative estimate of drug-likeness (QED) is 0.332. The van der Waals surface area contributed by atoms with Gasteiger partial charge in [-0.1, -0.05) is 32.1 Å². The molecule has 1 nitrogen and oxygen atoms in total. The molecule has 0 fully saturated rings. The average Bonchev–Trinajstić information content (AvgIpc) is 1.87. The van der Waals surface area contributed by atoms with Crippen molar-refractivity contribution >= 4 is 6.29 Å². The van der Waals surface area contributed by atoms with Gasteiger partial charge in [0, 0.05) is 0 Å². The van der Waals surface area contributed by atoms with Crippen molar-refractivity contribution in [2.75, 3.05) is 0 Å². The summed E-state index contributed by atoms with van der Waals surface area (Å²) in [4.78, 5) is 10.1. The van der Waals surface area contributed by atoms with Crippen LogP contribution < -0.4 is 0 Å². The first-order valence-electron chi connectivity index (χ1n) is 3.47. The van der Waals surface area contributed by atoms with Gasteiger partial charge in [0.05, 0.1) is 0 Å². The van der Waals surface area contributed by atoms with Crippen LogP contribution in [0.25, 0.3) is 0 Å². The third-order valence-corrected chi connectivity index (χ3v) is 1.04. The molecule has 0 heterocycles. The maximum atomic E-state index is 10.1. The largest absolute Gasteiger partial charge is 0.298 e. The predicted octanol–water partition coefficient (Wildman–Crippen LogP) is 2.34. The average molecular weight is 138 g/mol. The molecule has 0 saturated carbocycles. The van der Waals surface area contributed by atoms with E-state index in [0.29, 0.717) is 5.92 Å². The molecule has 0 aromatic heterocycles. The molecule has 0 aliphatic heterocycles. The van der Waals surface area contributed by atoms with Crippen molar-refractivity contribution < 1.29 is 4.79 Å². The summed E-state index contributed by atoms with van der Waals surface area (Å²) in [6.45, 7) is 5.98. The molecule has 0 unspecified atom stereocenters. The van der Waals surface area contributed by atoms with E-state index in [-0.39, 0.29) is 0 Å². The van der Waals surface area contributed by atoms with Crippen molar-refractivity contribution in [2.45, 2.75) is 20.8 Å². The van der Waals surface area contributed by atoms with E-state index in [1.165, 1.54) is 0 Å². The number of rotatable bonds is 3. The molecular weight excluding hydrogens is 124 g/mol. The van der Waals surface area contributed by atoms with Crippen LogP contribution in [-0.2, 0) is 4.79 Å². The monoisotopic (exact) mass is 138 g/mol. The Bertz CT molecular complexity index is 152. The highest BCUT2D eigenvalue weighted by molar-refractivity contribution is 5.72. The Hall–Kier alpha value is -0.850. The smallest absolute Gasteiger partial charge is 0.145 e. The Morgan fingerprint density at radius 2 is 2.00 bits per heavy atom. The lowest BCUT2D eigenvalue weighted by molar-refractivity contribution is -0.104. The first-order chi connectivity index (χ1) is 4.66. The first kappa shape index (κ1) is 9.15. The molecule has 0 amide bonds. The van der Waals surface area contributed by atoms with Crippen molar-refractivity contribution in [3.8, 4) is 0 Å². The van der Waals surface area contributed by atoms with E-state index in [2.05, 4.69) is 13.8 Å². The molecule has 0 aliphatic carbocycles. The Kier molecular flexibility index (Phi) is 4.55. The SMILES string of the molecule is CC(C=O)=CC=CC(C)C. The van der Waals surface area contributed by atoms with Gasteiger partial charge in [0.15, 0.2) is 0 Å². The maximum absolute atomic E-state index is 10.1. The van der Waals surface area contributed by atoms with Crippen LogP contribution in [0.3, 0.4) is 0 Å². The summed E-state index contributed by atoms with van der Waals surface area (Å²) < 4.78 is 0. The number of aldehydes is 1. The third kappa shape index (κ3) is 5.29. The molecule has 0 aliphatic rings. The summed E-state index contributed by atoms with van der Waals surface area (Å²) >= 11 is 0. The minimum absolute atomic E-state index is 0.552. The fraction of sp³-hybridized carbons (Fsp3) is 0.444. The van der Waals surface area contributed by atoms with Crippen LogP contribution in [0, 0.1) is 5.92 Å². The maximum Gasteiger partial charge on any atom is 0.145 e. The van der Waals surface area contributed by atoms with Crippen LogP contribution in [0.1, 0.15) is 20.8 Å². The van der Waals surface area contributed by atoms with E-state index in [0.717, 1.165) is 11.9 Å². The van der Waals surface area contributed by atoms with Crippen LogP contribution in [-0.4, -0.2) is 6.29 Å². The zero-order valence-corrected chi connectivity index (χ0v) is 6.79. The summed E-state index contributed by atoms with van der Waals surface area (Å²) in [6.07, 6.45) is 6.62. The van der Waals surface area contributed by atoms with Crippen LogP contribution >= 0.6 is 0 Å². The molecule has 1 heteroatoms. The van der Waals surface area contributed by atoms with Crippen LogP contribution in [0.4, 0.5) is 0 Å². The molecule has 0 radical (unpaired) electrons. The van der Waals surface area contributed by atoms with Crippen LogP contribution in [0.15, 0.2) is 23.8 Å². The van der Waals surface area contributed by atoms with E-state index in [9.17, 15) is 4.79 Å². The van der Waals surface area contributed by atoms with Gasteiger partial charge < -0.3 is 0 Å². The molecule has 56 valence electrons. The van der Waals surface area contributed by atoms with Gasteiger partial charge in [-0.3, -0.25) is 4.79 Å². The molecule has 0 aromatic carbocycles. The van der Waals surface area contributed by atoms with Gasteiger partial charge in [0.2, 0.25) is 0 Å². The van der Waals surface area contributed by atoms with E-state index in [1.807, 2.05) is 18.2 Å². The summed E-state index contributed by atoms with van der Waals surface area (Å²) in [5.74, 6) is 0.552. The van der Waals surface area contributed by atoms with Gasteiger partial charge in [-0.25, -0.2) is 0 Å². The second kappa shape index (κ2) is 4.98. The number of hydrogen-bond donors (Lipinski definition) is 0. The zero-order chi connectivity index (χ0) is 7.98. The molecule has 0 aromatic rings. The van der Waals surface area contributed by atoms with Crippen molar-refractivity contribution in [1.29, 1.82) is 0 Å². The summed E-state index contributed by atoms with van der Waals surface area (Å²) in [5, 5.41) is 0. The third-order valence-electron chi connectivity index (χ3n) is 1.04. The highest BCUT2D eigenvalue weighted by Gasteiger charge is 1.81. The molecule has 0 N–H and O–H groups in total. The van der Waals surface area contributed by atoms with Crippen molar-refractivity contribution in [2.24, 2.45) is 5.92 Å². The van der Waals surface area contributed by atoms with Gasteiger partial charge in [-0.2, -0.15) is 0 Å². The Morgan fingerprint density at radius 1 is 1.40 bits per heavy atom. The first-order valence-corrected chi connectivity index (χ1v) is 3.47. The lowest BCUT2D eigenvalue weighted by atomic mass is 10.2. The Labute approximate surface area is 62.4 Å². The minimum atomic E-state index is 0.552. The number of carbonyl (C=O) groups excluding carboxylic acids is 1. The number of allylic oxidation sites excluding steroid dienone is 4. The molecule has 0 bridgehead atoms. The molecule has 0 rings (SSSR count). The van der Waals surface area contributed by atoms with Crippen molar-refractivity contribution in [3.05, 3.63) is 23.8 Å². The lowest BCUT2D eigenvalue weighted by Crippen LogP contribution is -1.77. The van der Waals surface area contributed by atoms with Gasteiger partial charge in [-0.05, 0) is 18.4 Å². The fourth-order valence-electron chi connectivity index (χ4n) is 0.469. The highest BCUT2D eigenvalue weighted by atomic mass is 16.1. The highest BCUT2D eigenvalue weighted by Crippen LogP contribution is 1.95. The predicted molar refractivity (Wildman–Crippen MR) is 43.8 cm³/mol. The van der Waals surface area contributed by atoms with Crippen molar-refractivity contribution in [3.63, 3.8) is 0 Å². The zero-order valence-electron chi connectivity index (χ0n) is 6.79. The molecule has 10 heavy (non-hydrogen) atoms. The normalized spacial score (nSPS) is 13.0. The Balaban J connectivity index is 3.81. The van der Waals surface area contributed by atoms with Gasteiger partial charge >= 0.3 is 0 Å². The van der Waals surface area contributed by atoms with Crippen LogP contribution in [0.5, 0.6) is 0 Å². The molecule has 0 spiro atoms. The topological polar surface area (TPSA) is 17.1 Å². The van der Waals surface area contributed by atoms with E-state index in [1.54, 1.807) is 6.92 Å². The summed E-state index contributed by atoms with van der Waals surface area (Å²) in [7, 11) is 0. The molecular formula is C9H14O. The van der Waals surface area contributed by atoms with Gasteiger partial charge in [-0.15, -0.1) is 0 Å². The van der Waals surface area contributed by atoms with E-state index in [4.69, 9.17) is 0 Å². The summed E-state index contributed by atoms with van der Waals surface area (Å²) in [6, 6.07) is 0. The van der Waals surface area contributed by atoms with E-state index >= 15 is 0 Å². The minimum Gasteiger partial charge on any atom is -0.298 e. The second-order valence-corrected chi connectivity index (χ2v) is 2.66. The van der Waals surface area contributed by atoms with Crippen molar-refractivity contribution in [1.82, 2.24) is 0 Å².